The van der Waals surface area contributed by atoms with Gasteiger partial charge in [0.1, 0.15) is 11.5 Å². The average molecular weight is 450 g/mol. The van der Waals surface area contributed by atoms with Crippen LogP contribution in [0.5, 0.6) is 11.5 Å². The summed E-state index contributed by atoms with van der Waals surface area (Å²) in [6, 6.07) is 5.37. The summed E-state index contributed by atoms with van der Waals surface area (Å²) in [5.41, 5.74) is 6.55. The lowest BCUT2D eigenvalue weighted by Gasteiger charge is -2.12. The van der Waals surface area contributed by atoms with Gasteiger partial charge in [-0.25, -0.2) is 0 Å². The zero-order valence-corrected chi connectivity index (χ0v) is 16.9. The molecule has 0 spiro atoms. The molecule has 1 rings (SSSR count). The van der Waals surface area contributed by atoms with Crippen molar-refractivity contribution in [3.63, 3.8) is 0 Å². The van der Waals surface area contributed by atoms with Gasteiger partial charge in [-0.1, -0.05) is 13.8 Å². The third-order valence-corrected chi connectivity index (χ3v) is 3.11. The number of anilines is 1. The standard InChI is InChI=1S/C16H26N4O3.HI/c1-11(2)15(21)18-8-5-9-19-16(17)20-13-10-12(22-3)6-7-14(13)23-4;/h6-7,10-11H,5,8-9H2,1-4H3,(H,18,21)(H3,17,19,20);1H. The monoisotopic (exact) mass is 450 g/mol. The van der Waals surface area contributed by atoms with E-state index in [1.54, 1.807) is 32.4 Å². The second-order valence-electron chi connectivity index (χ2n) is 5.26. The highest BCUT2D eigenvalue weighted by Crippen LogP contribution is 2.28. The van der Waals surface area contributed by atoms with Crippen molar-refractivity contribution in [1.82, 2.24) is 5.32 Å². The van der Waals surface area contributed by atoms with Gasteiger partial charge in [0.15, 0.2) is 5.96 Å². The minimum atomic E-state index is -0.00855. The predicted octanol–water partition coefficient (Wildman–Crippen LogP) is 2.21. The molecule has 1 aromatic carbocycles. The number of carbonyl (C=O) groups excluding carboxylic acids is 1. The zero-order chi connectivity index (χ0) is 17.2. The predicted molar refractivity (Wildman–Crippen MR) is 108 cm³/mol. The van der Waals surface area contributed by atoms with E-state index in [1.807, 2.05) is 13.8 Å². The molecule has 1 aromatic rings. The van der Waals surface area contributed by atoms with Crippen LogP contribution in [0.15, 0.2) is 23.2 Å². The van der Waals surface area contributed by atoms with E-state index in [0.717, 1.165) is 6.42 Å². The van der Waals surface area contributed by atoms with Gasteiger partial charge in [-0.15, -0.1) is 24.0 Å². The van der Waals surface area contributed by atoms with E-state index >= 15 is 0 Å². The van der Waals surface area contributed by atoms with Crippen LogP contribution in [0.4, 0.5) is 5.69 Å². The first-order valence-electron chi connectivity index (χ1n) is 7.54. The van der Waals surface area contributed by atoms with Crippen molar-refractivity contribution < 1.29 is 14.3 Å². The van der Waals surface area contributed by atoms with Gasteiger partial charge in [0.05, 0.1) is 19.9 Å². The summed E-state index contributed by atoms with van der Waals surface area (Å²) >= 11 is 0. The molecule has 0 saturated carbocycles. The number of methoxy groups -OCH3 is 2. The minimum absolute atomic E-state index is 0. The van der Waals surface area contributed by atoms with Crippen LogP contribution in [0, 0.1) is 5.92 Å². The summed E-state index contributed by atoms with van der Waals surface area (Å²) in [7, 11) is 3.17. The van der Waals surface area contributed by atoms with Crippen LogP contribution in [0.3, 0.4) is 0 Å². The molecule has 0 unspecified atom stereocenters. The van der Waals surface area contributed by atoms with Crippen molar-refractivity contribution in [2.75, 3.05) is 32.6 Å². The number of rotatable bonds is 8. The van der Waals surface area contributed by atoms with Gasteiger partial charge in [-0.3, -0.25) is 9.79 Å². The van der Waals surface area contributed by atoms with Gasteiger partial charge < -0.3 is 25.8 Å². The minimum Gasteiger partial charge on any atom is -0.497 e. The third-order valence-electron chi connectivity index (χ3n) is 3.11. The molecule has 0 atom stereocenters. The molecule has 0 aromatic heterocycles. The van der Waals surface area contributed by atoms with E-state index in [9.17, 15) is 4.79 Å². The number of carbonyl (C=O) groups is 1. The summed E-state index contributed by atoms with van der Waals surface area (Å²) in [4.78, 5) is 15.6. The lowest BCUT2D eigenvalue weighted by molar-refractivity contribution is -0.123. The molecular weight excluding hydrogens is 423 g/mol. The number of nitrogens with one attached hydrogen (secondary N) is 2. The first-order valence-corrected chi connectivity index (χ1v) is 7.54. The van der Waals surface area contributed by atoms with Crippen LogP contribution in [0.1, 0.15) is 20.3 Å². The highest BCUT2D eigenvalue weighted by molar-refractivity contribution is 14.0. The number of benzene rings is 1. The Morgan fingerprint density at radius 3 is 2.58 bits per heavy atom. The zero-order valence-electron chi connectivity index (χ0n) is 14.6. The van der Waals surface area contributed by atoms with E-state index in [4.69, 9.17) is 15.2 Å². The summed E-state index contributed by atoms with van der Waals surface area (Å²) in [5.74, 6) is 1.66. The lowest BCUT2D eigenvalue weighted by atomic mass is 10.2. The summed E-state index contributed by atoms with van der Waals surface area (Å²) < 4.78 is 10.4. The van der Waals surface area contributed by atoms with Crippen LogP contribution in [0.25, 0.3) is 0 Å². The molecule has 0 fully saturated rings. The molecule has 136 valence electrons. The van der Waals surface area contributed by atoms with Crippen molar-refractivity contribution in [2.45, 2.75) is 20.3 Å². The van der Waals surface area contributed by atoms with Gasteiger partial charge in [0, 0.05) is 25.1 Å². The van der Waals surface area contributed by atoms with Crippen molar-refractivity contribution in [3.8, 4) is 11.5 Å². The molecule has 7 nitrogen and oxygen atoms in total. The molecule has 0 aliphatic rings. The molecule has 0 aliphatic carbocycles. The number of aliphatic imine (C=N–C) groups is 1. The maximum Gasteiger partial charge on any atom is 0.222 e. The second-order valence-corrected chi connectivity index (χ2v) is 5.26. The van der Waals surface area contributed by atoms with Crippen molar-refractivity contribution >= 4 is 41.5 Å². The van der Waals surface area contributed by atoms with Gasteiger partial charge in [-0.2, -0.15) is 0 Å². The van der Waals surface area contributed by atoms with E-state index in [2.05, 4.69) is 15.6 Å². The molecule has 0 radical (unpaired) electrons. The Morgan fingerprint density at radius 1 is 1.29 bits per heavy atom. The van der Waals surface area contributed by atoms with Gasteiger partial charge in [0.25, 0.3) is 0 Å². The highest BCUT2D eigenvalue weighted by atomic mass is 127. The molecule has 4 N–H and O–H groups in total. The number of nitrogens with zero attached hydrogens (tertiary/aromatic N) is 1. The number of amides is 1. The van der Waals surface area contributed by atoms with Crippen LogP contribution in [0.2, 0.25) is 0 Å². The Bertz CT molecular complexity index is 550. The maximum atomic E-state index is 11.4. The van der Waals surface area contributed by atoms with Crippen molar-refractivity contribution in [3.05, 3.63) is 18.2 Å². The Kier molecular flexibility index (Phi) is 10.9. The molecule has 0 heterocycles. The van der Waals surface area contributed by atoms with Gasteiger partial charge in [0.2, 0.25) is 5.91 Å². The summed E-state index contributed by atoms with van der Waals surface area (Å²) in [6.45, 7) is 4.81. The largest absolute Gasteiger partial charge is 0.497 e. The first-order chi connectivity index (χ1) is 11.0. The number of hydrogen-bond donors (Lipinski definition) is 3. The molecule has 0 saturated heterocycles. The number of nitrogens with two attached hydrogens (primary N) is 1. The number of halogens is 1. The fourth-order valence-corrected chi connectivity index (χ4v) is 1.78. The number of guanidine groups is 1. The molecule has 8 heteroatoms. The smallest absolute Gasteiger partial charge is 0.222 e. The number of hydrogen-bond acceptors (Lipinski definition) is 4. The van der Waals surface area contributed by atoms with E-state index in [0.29, 0.717) is 30.3 Å². The molecule has 24 heavy (non-hydrogen) atoms. The second kappa shape index (κ2) is 11.8. The first kappa shape index (κ1) is 22.3. The Labute approximate surface area is 160 Å². The summed E-state index contributed by atoms with van der Waals surface area (Å²) in [5, 5.41) is 5.82. The Morgan fingerprint density at radius 2 is 2.00 bits per heavy atom. The lowest BCUT2D eigenvalue weighted by Crippen LogP contribution is -2.29. The molecule has 0 aliphatic heterocycles. The highest BCUT2D eigenvalue weighted by Gasteiger charge is 2.06. The van der Waals surface area contributed by atoms with Crippen LogP contribution in [-0.2, 0) is 4.79 Å². The van der Waals surface area contributed by atoms with Crippen molar-refractivity contribution in [2.24, 2.45) is 16.6 Å². The Hall–Kier alpha value is -1.71. The quantitative estimate of drug-likeness (QED) is 0.244. The fourth-order valence-electron chi connectivity index (χ4n) is 1.78. The molecule has 0 bridgehead atoms. The van der Waals surface area contributed by atoms with E-state index in [-0.39, 0.29) is 41.8 Å². The number of ether oxygens (including phenoxy) is 2. The molecule has 1 amide bonds. The van der Waals surface area contributed by atoms with Gasteiger partial charge >= 0.3 is 0 Å². The van der Waals surface area contributed by atoms with E-state index in [1.165, 1.54) is 0 Å². The normalized spacial score (nSPS) is 10.8. The summed E-state index contributed by atoms with van der Waals surface area (Å²) in [6.07, 6.45) is 0.718. The van der Waals surface area contributed by atoms with Crippen LogP contribution < -0.4 is 25.8 Å². The topological polar surface area (TPSA) is 98.0 Å². The van der Waals surface area contributed by atoms with Crippen LogP contribution in [-0.4, -0.2) is 39.2 Å². The maximum absolute atomic E-state index is 11.4. The Balaban J connectivity index is 0.00000529. The average Bonchev–Trinajstić information content (AvgIpc) is 2.54. The van der Waals surface area contributed by atoms with E-state index < -0.39 is 0 Å². The third kappa shape index (κ3) is 7.71. The van der Waals surface area contributed by atoms with Gasteiger partial charge in [-0.05, 0) is 18.6 Å². The van der Waals surface area contributed by atoms with Crippen molar-refractivity contribution in [1.29, 1.82) is 0 Å². The SMILES string of the molecule is COc1ccc(OC)c(NC(N)=NCCCNC(=O)C(C)C)c1.I. The molecular formula is C16H27IN4O3. The fraction of sp³-hybridized carbons (Fsp3) is 0.500. The van der Waals surface area contributed by atoms with Crippen LogP contribution >= 0.6 is 24.0 Å².